The molecular weight excluding hydrogens is 601 g/mol. The summed E-state index contributed by atoms with van der Waals surface area (Å²) in [6.07, 6.45) is 9.09. The molecule has 0 N–H and O–H groups in total. The third-order valence-electron chi connectivity index (χ3n) is 9.42. The number of hydrogen-bond acceptors (Lipinski definition) is 5. The van der Waals surface area contributed by atoms with Gasteiger partial charge in [0.2, 0.25) is 0 Å². The fourth-order valence-corrected chi connectivity index (χ4v) is 7.82. The number of thiophene rings is 1. The monoisotopic (exact) mass is 650 g/mol. The summed E-state index contributed by atoms with van der Waals surface area (Å²) < 4.78 is 25.8. The molecule has 0 spiro atoms. The first kappa shape index (κ1) is 33.2. The molecule has 4 aromatic carbocycles. The van der Waals surface area contributed by atoms with Crippen LogP contribution in [0, 0.1) is 13.8 Å². The number of ether oxygens (including phenoxy) is 4. The number of aryl methyl sites for hydroxylation is 2. The summed E-state index contributed by atoms with van der Waals surface area (Å²) in [5.74, 6) is 3.63. The summed E-state index contributed by atoms with van der Waals surface area (Å²) in [7, 11) is 0. The lowest BCUT2D eigenvalue weighted by Gasteiger charge is -2.23. The summed E-state index contributed by atoms with van der Waals surface area (Å²) in [6.45, 7) is 14.4. The van der Waals surface area contributed by atoms with Gasteiger partial charge in [0.15, 0.2) is 11.5 Å². The van der Waals surface area contributed by atoms with Crippen molar-refractivity contribution in [3.8, 4) is 44.6 Å². The van der Waals surface area contributed by atoms with E-state index in [0.717, 1.165) is 88.0 Å². The number of fused-ring (bicyclic) bond motifs is 3. The van der Waals surface area contributed by atoms with Gasteiger partial charge in [0.1, 0.15) is 24.7 Å². The molecule has 1 aromatic heterocycles. The third kappa shape index (κ3) is 7.11. The van der Waals surface area contributed by atoms with Crippen LogP contribution in [-0.4, -0.2) is 25.4 Å². The molecule has 5 aromatic rings. The Hall–Kier alpha value is -3.70. The zero-order valence-electron chi connectivity index (χ0n) is 29.0. The van der Waals surface area contributed by atoms with Gasteiger partial charge in [0.25, 0.3) is 0 Å². The van der Waals surface area contributed by atoms with E-state index in [-0.39, 0.29) is 12.2 Å². The van der Waals surface area contributed by atoms with Crippen molar-refractivity contribution < 1.29 is 18.9 Å². The maximum absolute atomic E-state index is 6.94. The van der Waals surface area contributed by atoms with Gasteiger partial charge in [-0.25, -0.2) is 0 Å². The predicted molar refractivity (Wildman–Crippen MR) is 199 cm³/mol. The van der Waals surface area contributed by atoms with Crippen molar-refractivity contribution in [3.05, 3.63) is 71.1 Å². The molecule has 2 heterocycles. The molecule has 0 radical (unpaired) electrons. The standard InChI is InChI=1S/C42H50O4S/c1-7-11-13-32(9-3)45-34-25-31-23-27(5)15-18-35(31)37(26-34)39-36-19-16-30(42-41-40(28(6)47-42)43-21-22-44-41)24-29(36)17-20-38(39)46-33(10-4)14-12-8-2/h15-20,23-26,32-33H,7-14,21-22H2,1-6H3. The highest BCUT2D eigenvalue weighted by molar-refractivity contribution is 7.16. The van der Waals surface area contributed by atoms with Crippen LogP contribution < -0.4 is 18.9 Å². The van der Waals surface area contributed by atoms with Crippen molar-refractivity contribution in [2.24, 2.45) is 0 Å². The minimum absolute atomic E-state index is 0.162. The van der Waals surface area contributed by atoms with E-state index in [2.05, 4.69) is 102 Å². The van der Waals surface area contributed by atoms with E-state index in [1.807, 2.05) is 0 Å². The highest BCUT2D eigenvalue weighted by atomic mass is 32.1. The molecule has 5 heteroatoms. The van der Waals surface area contributed by atoms with E-state index in [0.29, 0.717) is 13.2 Å². The Balaban J connectivity index is 1.54. The van der Waals surface area contributed by atoms with Gasteiger partial charge in [-0.2, -0.15) is 0 Å². The molecule has 4 nitrogen and oxygen atoms in total. The normalized spacial score (nSPS) is 14.0. The summed E-state index contributed by atoms with van der Waals surface area (Å²) >= 11 is 1.74. The maximum Gasteiger partial charge on any atom is 0.180 e. The van der Waals surface area contributed by atoms with E-state index in [4.69, 9.17) is 18.9 Å². The van der Waals surface area contributed by atoms with Crippen LogP contribution in [0.4, 0.5) is 0 Å². The van der Waals surface area contributed by atoms with Crippen LogP contribution in [0.1, 0.15) is 89.5 Å². The SMILES string of the molecule is CCCCC(CC)Oc1cc(-c2c(OC(CC)CCCC)ccc3cc(-c4sc(C)c5c4OCCO5)ccc23)c2ccc(C)cc2c1. The molecule has 47 heavy (non-hydrogen) atoms. The zero-order valence-corrected chi connectivity index (χ0v) is 29.9. The Kier molecular flexibility index (Phi) is 10.6. The van der Waals surface area contributed by atoms with Crippen LogP contribution >= 0.6 is 11.3 Å². The summed E-state index contributed by atoms with van der Waals surface area (Å²) in [6, 6.07) is 22.5. The Bertz CT molecular complexity index is 1840. The molecule has 2 atom stereocenters. The Labute approximate surface area is 285 Å². The number of rotatable bonds is 14. The first-order chi connectivity index (χ1) is 22.9. The first-order valence-electron chi connectivity index (χ1n) is 17.8. The number of hydrogen-bond donors (Lipinski definition) is 0. The minimum Gasteiger partial charge on any atom is -0.490 e. The van der Waals surface area contributed by atoms with E-state index >= 15 is 0 Å². The van der Waals surface area contributed by atoms with Crippen LogP contribution in [0.15, 0.2) is 60.7 Å². The van der Waals surface area contributed by atoms with Crippen LogP contribution in [-0.2, 0) is 0 Å². The Morgan fingerprint density at radius 3 is 2.13 bits per heavy atom. The summed E-state index contributed by atoms with van der Waals surface area (Å²) in [5.41, 5.74) is 4.67. The lowest BCUT2D eigenvalue weighted by molar-refractivity contribution is 0.173. The largest absolute Gasteiger partial charge is 0.490 e. The summed E-state index contributed by atoms with van der Waals surface area (Å²) in [5, 5.41) is 4.75. The molecule has 0 saturated heterocycles. The second-order valence-electron chi connectivity index (χ2n) is 13.0. The Morgan fingerprint density at radius 2 is 1.40 bits per heavy atom. The van der Waals surface area contributed by atoms with E-state index in [1.165, 1.54) is 39.9 Å². The quantitative estimate of drug-likeness (QED) is 0.120. The van der Waals surface area contributed by atoms with Gasteiger partial charge in [0, 0.05) is 10.4 Å². The Morgan fingerprint density at radius 1 is 0.702 bits per heavy atom. The van der Waals surface area contributed by atoms with Crippen molar-refractivity contribution in [1.29, 1.82) is 0 Å². The zero-order chi connectivity index (χ0) is 32.9. The van der Waals surface area contributed by atoms with Crippen LogP contribution in [0.3, 0.4) is 0 Å². The van der Waals surface area contributed by atoms with Crippen LogP contribution in [0.2, 0.25) is 0 Å². The van der Waals surface area contributed by atoms with E-state index in [1.54, 1.807) is 11.3 Å². The van der Waals surface area contributed by atoms with E-state index < -0.39 is 0 Å². The molecule has 6 rings (SSSR count). The number of benzene rings is 4. The van der Waals surface area contributed by atoms with Gasteiger partial charge in [-0.1, -0.05) is 95.3 Å². The van der Waals surface area contributed by atoms with Gasteiger partial charge >= 0.3 is 0 Å². The molecular formula is C42H50O4S. The highest BCUT2D eigenvalue weighted by Crippen LogP contribution is 2.50. The molecule has 1 aliphatic rings. The molecule has 0 saturated carbocycles. The van der Waals surface area contributed by atoms with Gasteiger partial charge in [-0.15, -0.1) is 11.3 Å². The average Bonchev–Trinajstić information content (AvgIpc) is 3.43. The van der Waals surface area contributed by atoms with Gasteiger partial charge < -0.3 is 18.9 Å². The van der Waals surface area contributed by atoms with Gasteiger partial charge in [0.05, 0.1) is 17.1 Å². The fourth-order valence-electron chi connectivity index (χ4n) is 6.78. The molecule has 248 valence electrons. The molecule has 0 amide bonds. The lowest BCUT2D eigenvalue weighted by Crippen LogP contribution is -2.16. The smallest absolute Gasteiger partial charge is 0.180 e. The molecule has 0 fully saturated rings. The molecule has 0 aliphatic carbocycles. The van der Waals surface area contributed by atoms with Crippen molar-refractivity contribution >= 4 is 32.9 Å². The van der Waals surface area contributed by atoms with E-state index in [9.17, 15) is 0 Å². The lowest BCUT2D eigenvalue weighted by atomic mass is 9.91. The first-order valence-corrected chi connectivity index (χ1v) is 18.6. The van der Waals surface area contributed by atoms with Crippen LogP contribution in [0.5, 0.6) is 23.0 Å². The molecule has 0 bridgehead atoms. The summed E-state index contributed by atoms with van der Waals surface area (Å²) in [4.78, 5) is 2.28. The topological polar surface area (TPSA) is 36.9 Å². The second-order valence-corrected chi connectivity index (χ2v) is 14.2. The minimum atomic E-state index is 0.162. The third-order valence-corrected chi connectivity index (χ3v) is 10.5. The molecule has 2 unspecified atom stereocenters. The molecule has 1 aliphatic heterocycles. The van der Waals surface area contributed by atoms with Crippen LogP contribution in [0.25, 0.3) is 43.1 Å². The van der Waals surface area contributed by atoms with Gasteiger partial charge in [-0.05, 0) is 96.5 Å². The van der Waals surface area contributed by atoms with Crippen molar-refractivity contribution in [3.63, 3.8) is 0 Å². The second kappa shape index (κ2) is 15.0. The average molecular weight is 651 g/mol. The van der Waals surface area contributed by atoms with Gasteiger partial charge in [-0.3, -0.25) is 0 Å². The fraction of sp³-hybridized carbons (Fsp3) is 0.429. The number of unbranched alkanes of at least 4 members (excludes halogenated alkanes) is 2. The van der Waals surface area contributed by atoms with Crippen molar-refractivity contribution in [1.82, 2.24) is 0 Å². The van der Waals surface area contributed by atoms with Crippen molar-refractivity contribution in [2.75, 3.05) is 13.2 Å². The predicted octanol–water partition coefficient (Wildman–Crippen LogP) is 12.5. The van der Waals surface area contributed by atoms with Crippen molar-refractivity contribution in [2.45, 2.75) is 105 Å². The highest BCUT2D eigenvalue weighted by Gasteiger charge is 2.25. The maximum atomic E-state index is 6.94.